The second kappa shape index (κ2) is 8.39. The van der Waals surface area contributed by atoms with Crippen molar-refractivity contribution in [3.63, 3.8) is 0 Å². The highest BCUT2D eigenvalue weighted by molar-refractivity contribution is 5.88. The average Bonchev–Trinajstić information content (AvgIpc) is 2.68. The molecule has 0 aliphatic carbocycles. The Morgan fingerprint density at radius 2 is 1.87 bits per heavy atom. The van der Waals surface area contributed by atoms with E-state index < -0.39 is 11.4 Å². The molecule has 0 bridgehead atoms. The van der Waals surface area contributed by atoms with E-state index in [0.29, 0.717) is 37.0 Å². The molecular formula is C22H28N2O6. The predicted octanol–water partition coefficient (Wildman–Crippen LogP) is 2.89. The SMILES string of the molecule is COCCCOc1cc2c(cc1OC)-c1cc(=O)c(C(=O)O)cn1N(C(C)(C)C)C2. The molecular weight excluding hydrogens is 388 g/mol. The Morgan fingerprint density at radius 1 is 1.13 bits per heavy atom. The summed E-state index contributed by atoms with van der Waals surface area (Å²) in [6, 6.07) is 5.14. The first-order valence-electron chi connectivity index (χ1n) is 9.78. The zero-order chi connectivity index (χ0) is 22.1. The summed E-state index contributed by atoms with van der Waals surface area (Å²) < 4.78 is 18.2. The normalized spacial score (nSPS) is 12.9. The lowest BCUT2D eigenvalue weighted by molar-refractivity contribution is 0.0694. The number of pyridine rings is 1. The van der Waals surface area contributed by atoms with Crippen LogP contribution in [0.1, 0.15) is 43.1 Å². The van der Waals surface area contributed by atoms with Gasteiger partial charge < -0.3 is 24.3 Å². The number of ether oxygens (including phenoxy) is 3. The van der Waals surface area contributed by atoms with E-state index >= 15 is 0 Å². The van der Waals surface area contributed by atoms with Crippen LogP contribution < -0.4 is 19.9 Å². The second-order valence-corrected chi connectivity index (χ2v) is 8.17. The number of fused-ring (bicyclic) bond motifs is 3. The fourth-order valence-corrected chi connectivity index (χ4v) is 3.51. The summed E-state index contributed by atoms with van der Waals surface area (Å²) in [6.45, 7) is 7.72. The lowest BCUT2D eigenvalue weighted by Crippen LogP contribution is -2.51. The van der Waals surface area contributed by atoms with Crippen LogP contribution in [0.15, 0.2) is 29.2 Å². The van der Waals surface area contributed by atoms with E-state index in [1.54, 1.807) is 18.9 Å². The van der Waals surface area contributed by atoms with E-state index in [2.05, 4.69) is 0 Å². The number of aromatic carboxylic acids is 1. The second-order valence-electron chi connectivity index (χ2n) is 8.17. The Hall–Kier alpha value is -3.00. The van der Waals surface area contributed by atoms with Crippen molar-refractivity contribution < 1.29 is 24.1 Å². The molecule has 0 spiro atoms. The van der Waals surface area contributed by atoms with Crippen molar-refractivity contribution in [3.8, 4) is 22.8 Å². The Bertz CT molecular complexity index is 1010. The van der Waals surface area contributed by atoms with E-state index in [1.165, 1.54) is 12.3 Å². The minimum Gasteiger partial charge on any atom is -0.493 e. The standard InChI is InChI=1S/C22H28N2O6/c1-22(2,3)24-12-14-9-20(30-8-6-7-28-4)19(29-5)10-15(14)17-11-18(25)16(21(26)27)13-23(17)24/h9-11,13H,6-8,12H2,1-5H3,(H,26,27). The third-order valence-corrected chi connectivity index (χ3v) is 5.03. The van der Waals surface area contributed by atoms with Crippen LogP contribution >= 0.6 is 0 Å². The van der Waals surface area contributed by atoms with Crippen molar-refractivity contribution in [2.75, 3.05) is 32.4 Å². The molecule has 1 aliphatic heterocycles. The maximum atomic E-state index is 12.4. The molecule has 3 rings (SSSR count). The molecule has 0 saturated carbocycles. The van der Waals surface area contributed by atoms with Crippen molar-refractivity contribution in [1.82, 2.24) is 4.68 Å². The summed E-state index contributed by atoms with van der Waals surface area (Å²) in [5.41, 5.74) is 1.28. The largest absolute Gasteiger partial charge is 0.493 e. The molecule has 1 N–H and O–H groups in total. The van der Waals surface area contributed by atoms with Gasteiger partial charge in [-0.2, -0.15) is 0 Å². The minimum atomic E-state index is -1.24. The molecule has 0 amide bonds. The molecule has 30 heavy (non-hydrogen) atoms. The van der Waals surface area contributed by atoms with E-state index in [4.69, 9.17) is 14.2 Å². The van der Waals surface area contributed by atoms with Gasteiger partial charge in [-0.15, -0.1) is 0 Å². The molecule has 1 aromatic carbocycles. The van der Waals surface area contributed by atoms with E-state index in [-0.39, 0.29) is 11.1 Å². The molecule has 1 aliphatic rings. The molecule has 8 heteroatoms. The summed E-state index contributed by atoms with van der Waals surface area (Å²) >= 11 is 0. The molecule has 1 aromatic heterocycles. The molecule has 2 aromatic rings. The number of carboxylic acids is 1. The molecule has 0 saturated heterocycles. The van der Waals surface area contributed by atoms with Gasteiger partial charge in [-0.05, 0) is 38.5 Å². The van der Waals surface area contributed by atoms with Gasteiger partial charge in [0.05, 0.1) is 26.0 Å². The third kappa shape index (κ3) is 4.14. The molecule has 0 unspecified atom stereocenters. The van der Waals surface area contributed by atoms with Gasteiger partial charge in [-0.3, -0.25) is 9.47 Å². The van der Waals surface area contributed by atoms with Crippen LogP contribution in [0.25, 0.3) is 11.3 Å². The average molecular weight is 416 g/mol. The first-order valence-corrected chi connectivity index (χ1v) is 9.78. The molecule has 0 radical (unpaired) electrons. The van der Waals surface area contributed by atoms with Gasteiger partial charge in [0.1, 0.15) is 5.56 Å². The van der Waals surface area contributed by atoms with Crippen LogP contribution in [0.5, 0.6) is 11.5 Å². The van der Waals surface area contributed by atoms with Crippen LogP contribution in [0.3, 0.4) is 0 Å². The molecule has 162 valence electrons. The third-order valence-electron chi connectivity index (χ3n) is 5.03. The number of hydrogen-bond donors (Lipinski definition) is 1. The Morgan fingerprint density at radius 3 is 2.47 bits per heavy atom. The summed E-state index contributed by atoms with van der Waals surface area (Å²) in [5.74, 6) is -0.0665. The molecule has 8 nitrogen and oxygen atoms in total. The number of aromatic nitrogens is 1. The minimum absolute atomic E-state index is 0.262. The number of rotatable bonds is 7. The summed E-state index contributed by atoms with van der Waals surface area (Å²) in [7, 11) is 3.21. The van der Waals surface area contributed by atoms with Crippen LogP contribution in [0.2, 0.25) is 0 Å². The van der Waals surface area contributed by atoms with E-state index in [9.17, 15) is 14.7 Å². The first-order chi connectivity index (χ1) is 14.2. The highest BCUT2D eigenvalue weighted by Crippen LogP contribution is 2.39. The van der Waals surface area contributed by atoms with Gasteiger partial charge in [-0.25, -0.2) is 4.79 Å². The Kier molecular flexibility index (Phi) is 6.07. The lowest BCUT2D eigenvalue weighted by Gasteiger charge is -2.43. The van der Waals surface area contributed by atoms with Gasteiger partial charge in [0.25, 0.3) is 0 Å². The number of carbonyl (C=O) groups is 1. The molecule has 0 fully saturated rings. The van der Waals surface area contributed by atoms with Crippen LogP contribution in [0.4, 0.5) is 0 Å². The van der Waals surface area contributed by atoms with Crippen LogP contribution in [-0.4, -0.2) is 48.7 Å². The Labute approximate surface area is 175 Å². The number of nitrogens with zero attached hydrogens (tertiary/aromatic N) is 2. The fourth-order valence-electron chi connectivity index (χ4n) is 3.51. The highest BCUT2D eigenvalue weighted by Gasteiger charge is 2.31. The topological polar surface area (TPSA) is 90.2 Å². The lowest BCUT2D eigenvalue weighted by atomic mass is 9.97. The maximum Gasteiger partial charge on any atom is 0.341 e. The van der Waals surface area contributed by atoms with Crippen LogP contribution in [-0.2, 0) is 11.3 Å². The summed E-state index contributed by atoms with van der Waals surface area (Å²) in [4.78, 5) is 24.0. The number of benzene rings is 1. The fraction of sp³-hybridized carbons (Fsp3) is 0.455. The maximum absolute atomic E-state index is 12.4. The van der Waals surface area contributed by atoms with E-state index in [1.807, 2.05) is 37.9 Å². The number of hydrogen-bond acceptors (Lipinski definition) is 6. The van der Waals surface area contributed by atoms with Gasteiger partial charge >= 0.3 is 5.97 Å². The van der Waals surface area contributed by atoms with Crippen molar-refractivity contribution in [2.24, 2.45) is 0 Å². The smallest absolute Gasteiger partial charge is 0.341 e. The summed E-state index contributed by atoms with van der Waals surface area (Å²) in [6.07, 6.45) is 2.15. The number of methoxy groups -OCH3 is 2. The van der Waals surface area contributed by atoms with Gasteiger partial charge in [-0.1, -0.05) is 0 Å². The van der Waals surface area contributed by atoms with Gasteiger partial charge in [0, 0.05) is 43.5 Å². The zero-order valence-electron chi connectivity index (χ0n) is 18.0. The van der Waals surface area contributed by atoms with Crippen molar-refractivity contribution in [2.45, 2.75) is 39.3 Å². The van der Waals surface area contributed by atoms with Crippen molar-refractivity contribution >= 4 is 5.97 Å². The highest BCUT2D eigenvalue weighted by atomic mass is 16.5. The van der Waals surface area contributed by atoms with Gasteiger partial charge in [0.15, 0.2) is 16.9 Å². The molecule has 0 atom stereocenters. The summed E-state index contributed by atoms with van der Waals surface area (Å²) in [5, 5.41) is 11.4. The van der Waals surface area contributed by atoms with Crippen LogP contribution in [0, 0.1) is 0 Å². The monoisotopic (exact) mass is 416 g/mol. The zero-order valence-corrected chi connectivity index (χ0v) is 18.0. The Balaban J connectivity index is 2.14. The van der Waals surface area contributed by atoms with E-state index in [0.717, 1.165) is 17.5 Å². The van der Waals surface area contributed by atoms with Crippen molar-refractivity contribution in [1.29, 1.82) is 0 Å². The van der Waals surface area contributed by atoms with Gasteiger partial charge in [0.2, 0.25) is 0 Å². The number of carboxylic acid groups (broad SMARTS) is 1. The predicted molar refractivity (Wildman–Crippen MR) is 113 cm³/mol. The molecule has 2 heterocycles. The first kappa shape index (κ1) is 21.7. The quantitative estimate of drug-likeness (QED) is 0.694. The van der Waals surface area contributed by atoms with Crippen molar-refractivity contribution in [3.05, 3.63) is 45.7 Å².